The van der Waals surface area contributed by atoms with Crippen LogP contribution in [0.2, 0.25) is 0 Å². The van der Waals surface area contributed by atoms with Gasteiger partial charge >= 0.3 is 0 Å². The Morgan fingerprint density at radius 3 is 2.03 bits per heavy atom. The summed E-state index contributed by atoms with van der Waals surface area (Å²) in [5.74, 6) is 1.89. The molecule has 0 fully saturated rings. The van der Waals surface area contributed by atoms with E-state index in [0.717, 1.165) is 16.9 Å². The number of hydrogen-bond donors (Lipinski definition) is 1. The van der Waals surface area contributed by atoms with Crippen LogP contribution in [-0.4, -0.2) is 30.9 Å². The normalized spacial score (nSPS) is 11.8. The average Bonchev–Trinajstić information content (AvgIpc) is 2.79. The molecule has 1 N–H and O–H groups in total. The SMILES string of the molecule is C=C(N=C(N=C(C)c1ccc(OC)cc1O)c1ccc(OC)cc1)c1ccccc1. The molecule has 0 heterocycles. The topological polar surface area (TPSA) is 63.4 Å². The van der Waals surface area contributed by atoms with Crippen LogP contribution < -0.4 is 9.47 Å². The summed E-state index contributed by atoms with van der Waals surface area (Å²) in [5.41, 5.74) is 3.52. The first-order chi connectivity index (χ1) is 14.5. The number of rotatable bonds is 6. The Bertz CT molecular complexity index is 1090. The van der Waals surface area contributed by atoms with Gasteiger partial charge < -0.3 is 14.6 Å². The summed E-state index contributed by atoms with van der Waals surface area (Å²) in [4.78, 5) is 9.41. The number of hydrogen-bond acceptors (Lipinski definition) is 4. The Morgan fingerprint density at radius 2 is 1.43 bits per heavy atom. The zero-order chi connectivity index (χ0) is 21.5. The summed E-state index contributed by atoms with van der Waals surface area (Å²) in [6.45, 7) is 5.92. The number of aliphatic imine (C=N–C) groups is 2. The maximum absolute atomic E-state index is 10.4. The van der Waals surface area contributed by atoms with Crippen molar-refractivity contribution in [2.45, 2.75) is 6.92 Å². The van der Waals surface area contributed by atoms with Crippen LogP contribution >= 0.6 is 0 Å². The second kappa shape index (κ2) is 9.56. The first kappa shape index (κ1) is 20.9. The minimum absolute atomic E-state index is 0.0894. The Balaban J connectivity index is 2.05. The summed E-state index contributed by atoms with van der Waals surface area (Å²) in [6, 6.07) is 22.3. The zero-order valence-corrected chi connectivity index (χ0v) is 17.3. The van der Waals surface area contributed by atoms with Crippen molar-refractivity contribution in [3.8, 4) is 17.2 Å². The van der Waals surface area contributed by atoms with Gasteiger partial charge in [-0.05, 0) is 48.9 Å². The predicted octanol–water partition coefficient (Wildman–Crippen LogP) is 5.34. The van der Waals surface area contributed by atoms with Gasteiger partial charge in [0, 0.05) is 17.2 Å². The smallest absolute Gasteiger partial charge is 0.160 e. The van der Waals surface area contributed by atoms with Crippen LogP contribution in [0, 0.1) is 0 Å². The number of amidine groups is 1. The van der Waals surface area contributed by atoms with E-state index in [0.29, 0.717) is 28.6 Å². The van der Waals surface area contributed by atoms with Gasteiger partial charge in [-0.1, -0.05) is 36.9 Å². The highest BCUT2D eigenvalue weighted by atomic mass is 16.5. The first-order valence-corrected chi connectivity index (χ1v) is 9.42. The fourth-order valence-electron chi connectivity index (χ4n) is 2.88. The van der Waals surface area contributed by atoms with Crippen LogP contribution in [0.25, 0.3) is 5.70 Å². The van der Waals surface area contributed by atoms with Crippen molar-refractivity contribution in [3.05, 3.63) is 96.1 Å². The van der Waals surface area contributed by atoms with Gasteiger partial charge in [0.1, 0.15) is 17.2 Å². The molecule has 0 bridgehead atoms. The summed E-state index contributed by atoms with van der Waals surface area (Å²) < 4.78 is 10.4. The molecule has 30 heavy (non-hydrogen) atoms. The fourth-order valence-corrected chi connectivity index (χ4v) is 2.88. The molecule has 0 saturated carbocycles. The monoisotopic (exact) mass is 400 g/mol. The van der Waals surface area contributed by atoms with Crippen LogP contribution in [-0.2, 0) is 0 Å². The number of phenolic OH excluding ortho intramolecular Hbond substituents is 1. The van der Waals surface area contributed by atoms with Crippen molar-refractivity contribution in [2.75, 3.05) is 14.2 Å². The Labute approximate surface area is 176 Å². The molecule has 152 valence electrons. The largest absolute Gasteiger partial charge is 0.507 e. The van der Waals surface area contributed by atoms with Crippen molar-refractivity contribution in [1.82, 2.24) is 0 Å². The van der Waals surface area contributed by atoms with E-state index >= 15 is 0 Å². The van der Waals surface area contributed by atoms with E-state index < -0.39 is 0 Å². The van der Waals surface area contributed by atoms with E-state index in [-0.39, 0.29) is 5.75 Å². The van der Waals surface area contributed by atoms with Crippen LogP contribution in [0.5, 0.6) is 17.2 Å². The third-order valence-electron chi connectivity index (χ3n) is 4.56. The van der Waals surface area contributed by atoms with Gasteiger partial charge in [-0.3, -0.25) is 0 Å². The molecule has 0 unspecified atom stereocenters. The molecule has 0 spiro atoms. The Kier molecular flexibility index (Phi) is 6.65. The maximum Gasteiger partial charge on any atom is 0.160 e. The van der Waals surface area contributed by atoms with Gasteiger partial charge in [-0.25, -0.2) is 9.98 Å². The van der Waals surface area contributed by atoms with Crippen molar-refractivity contribution in [2.24, 2.45) is 9.98 Å². The van der Waals surface area contributed by atoms with Crippen LogP contribution in [0.15, 0.2) is 89.4 Å². The molecule has 0 aliphatic carbocycles. The minimum atomic E-state index is 0.0894. The summed E-state index contributed by atoms with van der Waals surface area (Å²) in [7, 11) is 3.18. The van der Waals surface area contributed by atoms with Crippen LogP contribution in [0.1, 0.15) is 23.6 Å². The third-order valence-corrected chi connectivity index (χ3v) is 4.56. The molecule has 5 heteroatoms. The van der Waals surface area contributed by atoms with Gasteiger partial charge in [-0.15, -0.1) is 0 Å². The standard InChI is InChI=1S/C25H24N2O3/c1-17(19-8-6-5-7-9-19)26-25(20-10-12-21(29-3)13-11-20)27-18(2)23-15-14-22(30-4)16-24(23)28/h5-16,28H,1H2,2-4H3. The van der Waals surface area contributed by atoms with Gasteiger partial charge in [0.15, 0.2) is 5.84 Å². The molecule has 0 aliphatic rings. The van der Waals surface area contributed by atoms with Crippen LogP contribution in [0.4, 0.5) is 0 Å². The molecular weight excluding hydrogens is 376 g/mol. The zero-order valence-electron chi connectivity index (χ0n) is 17.3. The lowest BCUT2D eigenvalue weighted by molar-refractivity contribution is 0.407. The van der Waals surface area contributed by atoms with Crippen molar-refractivity contribution >= 4 is 17.2 Å². The summed E-state index contributed by atoms with van der Waals surface area (Å²) in [5, 5.41) is 10.4. The fraction of sp³-hybridized carbons (Fsp3) is 0.120. The molecular formula is C25H24N2O3. The molecule has 5 nitrogen and oxygen atoms in total. The predicted molar refractivity (Wildman–Crippen MR) is 122 cm³/mol. The van der Waals surface area contributed by atoms with E-state index in [1.165, 1.54) is 0 Å². The number of aromatic hydroxyl groups is 1. The molecule has 0 aliphatic heterocycles. The second-order valence-electron chi connectivity index (χ2n) is 6.56. The molecule has 0 saturated heterocycles. The second-order valence-corrected chi connectivity index (χ2v) is 6.56. The van der Waals surface area contributed by atoms with Crippen molar-refractivity contribution < 1.29 is 14.6 Å². The molecule has 3 aromatic rings. The average molecular weight is 400 g/mol. The Morgan fingerprint density at radius 1 is 0.800 bits per heavy atom. The quantitative estimate of drug-likeness (QED) is 0.449. The van der Waals surface area contributed by atoms with Gasteiger partial charge in [0.05, 0.1) is 25.6 Å². The number of benzene rings is 3. The Hall–Kier alpha value is -3.86. The van der Waals surface area contributed by atoms with E-state index in [9.17, 15) is 5.11 Å². The lowest BCUT2D eigenvalue weighted by atomic mass is 10.1. The molecule has 3 rings (SSSR count). The molecule has 0 radical (unpaired) electrons. The highest BCUT2D eigenvalue weighted by molar-refractivity contribution is 6.13. The van der Waals surface area contributed by atoms with E-state index in [1.54, 1.807) is 32.4 Å². The number of ether oxygens (including phenoxy) is 2. The molecule has 0 aromatic heterocycles. The first-order valence-electron chi connectivity index (χ1n) is 9.42. The highest BCUT2D eigenvalue weighted by Gasteiger charge is 2.10. The molecule has 0 atom stereocenters. The number of nitrogens with zero attached hydrogens (tertiary/aromatic N) is 2. The summed E-state index contributed by atoms with van der Waals surface area (Å²) in [6.07, 6.45) is 0. The van der Waals surface area contributed by atoms with Gasteiger partial charge in [0.2, 0.25) is 0 Å². The van der Waals surface area contributed by atoms with Gasteiger partial charge in [0.25, 0.3) is 0 Å². The van der Waals surface area contributed by atoms with Crippen LogP contribution in [0.3, 0.4) is 0 Å². The summed E-state index contributed by atoms with van der Waals surface area (Å²) >= 11 is 0. The number of phenols is 1. The lowest BCUT2D eigenvalue weighted by Crippen LogP contribution is -2.05. The van der Waals surface area contributed by atoms with Crippen molar-refractivity contribution in [1.29, 1.82) is 0 Å². The van der Waals surface area contributed by atoms with Crippen molar-refractivity contribution in [3.63, 3.8) is 0 Å². The highest BCUT2D eigenvalue weighted by Crippen LogP contribution is 2.25. The maximum atomic E-state index is 10.4. The van der Waals surface area contributed by atoms with Gasteiger partial charge in [-0.2, -0.15) is 0 Å². The lowest BCUT2D eigenvalue weighted by Gasteiger charge is -2.09. The number of methoxy groups -OCH3 is 2. The molecule has 3 aromatic carbocycles. The minimum Gasteiger partial charge on any atom is -0.507 e. The third kappa shape index (κ3) is 4.94. The van der Waals surface area contributed by atoms with E-state index in [4.69, 9.17) is 14.5 Å². The van der Waals surface area contributed by atoms with E-state index in [2.05, 4.69) is 11.6 Å². The molecule has 0 amide bonds. The van der Waals surface area contributed by atoms with E-state index in [1.807, 2.05) is 61.5 Å².